The second-order valence-corrected chi connectivity index (χ2v) is 5.07. The Kier molecular flexibility index (Phi) is 2.71. The first-order valence-electron chi connectivity index (χ1n) is 6.61. The second kappa shape index (κ2) is 4.22. The van der Waals surface area contributed by atoms with Gasteiger partial charge in [0.15, 0.2) is 0 Å². The topological polar surface area (TPSA) is 18.5 Å². The lowest BCUT2D eigenvalue weighted by molar-refractivity contribution is 0.464. The van der Waals surface area contributed by atoms with Crippen LogP contribution >= 0.6 is 0 Å². The highest BCUT2D eigenvalue weighted by molar-refractivity contribution is 5.77. The van der Waals surface area contributed by atoms with Gasteiger partial charge >= 0.3 is 0 Å². The van der Waals surface area contributed by atoms with Crippen LogP contribution in [-0.4, -0.2) is 39.3 Å². The number of hydrogen-bond acceptors (Lipinski definition) is 3. The Labute approximate surface area is 103 Å². The minimum absolute atomic E-state index is 0.633. The number of nitrogens with one attached hydrogen (secondary N) is 1. The molecule has 0 aromatic heterocycles. The molecule has 3 heteroatoms. The van der Waals surface area contributed by atoms with Crippen LogP contribution in [0.3, 0.4) is 0 Å². The number of fused-ring (bicyclic) bond motifs is 3. The molecular weight excluding hydrogens is 210 g/mol. The van der Waals surface area contributed by atoms with Gasteiger partial charge < -0.3 is 15.1 Å². The third kappa shape index (κ3) is 1.69. The quantitative estimate of drug-likeness (QED) is 0.790. The van der Waals surface area contributed by atoms with Crippen molar-refractivity contribution in [2.75, 3.05) is 43.0 Å². The second-order valence-electron chi connectivity index (χ2n) is 5.07. The Balaban J connectivity index is 2.09. The molecule has 0 bridgehead atoms. The maximum Gasteiger partial charge on any atom is 0.0640 e. The molecule has 1 atom stereocenters. The first-order chi connectivity index (χ1) is 8.31. The molecule has 0 amide bonds. The van der Waals surface area contributed by atoms with E-state index in [1.54, 1.807) is 0 Å². The molecule has 1 aromatic carbocycles. The number of rotatable bonds is 1. The van der Waals surface area contributed by atoms with Gasteiger partial charge in [-0.2, -0.15) is 0 Å². The molecular formula is C14H21N3. The molecule has 2 heterocycles. The van der Waals surface area contributed by atoms with Gasteiger partial charge in [-0.1, -0.05) is 19.1 Å². The summed E-state index contributed by atoms with van der Waals surface area (Å²) in [5.41, 5.74) is 4.37. The summed E-state index contributed by atoms with van der Waals surface area (Å²) in [7, 11) is 2.21. The predicted molar refractivity (Wildman–Crippen MR) is 73.1 cm³/mol. The van der Waals surface area contributed by atoms with E-state index in [2.05, 4.69) is 47.3 Å². The number of likely N-dealkylation sites (N-methyl/N-ethyl adjacent to an activating group) is 1. The van der Waals surface area contributed by atoms with Crippen molar-refractivity contribution in [2.45, 2.75) is 19.4 Å². The van der Waals surface area contributed by atoms with Crippen molar-refractivity contribution in [3.63, 3.8) is 0 Å². The highest BCUT2D eigenvalue weighted by Gasteiger charge is 2.31. The summed E-state index contributed by atoms with van der Waals surface area (Å²) in [6.07, 6.45) is 1.12. The van der Waals surface area contributed by atoms with Crippen LogP contribution in [0.25, 0.3) is 0 Å². The zero-order valence-corrected chi connectivity index (χ0v) is 10.7. The van der Waals surface area contributed by atoms with Gasteiger partial charge in [-0.3, -0.25) is 0 Å². The number of para-hydroxylation sites is 1. The van der Waals surface area contributed by atoms with Gasteiger partial charge in [0.25, 0.3) is 0 Å². The van der Waals surface area contributed by atoms with Crippen molar-refractivity contribution in [2.24, 2.45) is 0 Å². The molecule has 3 nitrogen and oxygen atoms in total. The van der Waals surface area contributed by atoms with Gasteiger partial charge in [-0.05, 0) is 18.1 Å². The standard InChI is InChI=1S/C14H21N3/c1-3-11-5-4-6-13-14(11)17-8-7-15-9-12(17)10-16(13)2/h4-6,12,15H,3,7-10H2,1-2H3. The summed E-state index contributed by atoms with van der Waals surface area (Å²) in [6.45, 7) is 6.75. The molecule has 92 valence electrons. The Hall–Kier alpha value is -1.22. The minimum Gasteiger partial charge on any atom is -0.371 e. The first-order valence-corrected chi connectivity index (χ1v) is 6.61. The zero-order valence-electron chi connectivity index (χ0n) is 10.7. The molecule has 1 fully saturated rings. The third-order valence-corrected chi connectivity index (χ3v) is 4.01. The van der Waals surface area contributed by atoms with Crippen molar-refractivity contribution < 1.29 is 0 Å². The van der Waals surface area contributed by atoms with Gasteiger partial charge in [-0.15, -0.1) is 0 Å². The lowest BCUT2D eigenvalue weighted by Crippen LogP contribution is -2.58. The van der Waals surface area contributed by atoms with E-state index in [0.29, 0.717) is 6.04 Å². The number of hydrogen-bond donors (Lipinski definition) is 1. The number of aryl methyl sites for hydroxylation is 1. The monoisotopic (exact) mass is 231 g/mol. The molecule has 2 aliphatic rings. The van der Waals surface area contributed by atoms with Crippen LogP contribution in [0, 0.1) is 0 Å². The molecule has 1 unspecified atom stereocenters. The molecule has 0 radical (unpaired) electrons. The molecule has 0 aliphatic carbocycles. The Bertz CT molecular complexity index is 416. The van der Waals surface area contributed by atoms with Crippen LogP contribution in [0.2, 0.25) is 0 Å². The van der Waals surface area contributed by atoms with E-state index in [1.165, 1.54) is 16.9 Å². The van der Waals surface area contributed by atoms with Crippen molar-refractivity contribution in [3.05, 3.63) is 23.8 Å². The van der Waals surface area contributed by atoms with Gasteiger partial charge in [-0.25, -0.2) is 0 Å². The summed E-state index contributed by atoms with van der Waals surface area (Å²) in [6, 6.07) is 7.36. The molecule has 17 heavy (non-hydrogen) atoms. The van der Waals surface area contributed by atoms with Crippen LogP contribution in [0.1, 0.15) is 12.5 Å². The van der Waals surface area contributed by atoms with Crippen LogP contribution in [-0.2, 0) is 6.42 Å². The van der Waals surface area contributed by atoms with E-state index in [-0.39, 0.29) is 0 Å². The normalized spacial score (nSPS) is 23.3. The average Bonchev–Trinajstić information content (AvgIpc) is 2.38. The molecule has 1 N–H and O–H groups in total. The fraction of sp³-hybridized carbons (Fsp3) is 0.571. The first kappa shape index (κ1) is 10.9. The van der Waals surface area contributed by atoms with E-state index in [9.17, 15) is 0 Å². The Morgan fingerprint density at radius 2 is 2.29 bits per heavy atom. The Morgan fingerprint density at radius 3 is 3.12 bits per heavy atom. The van der Waals surface area contributed by atoms with Crippen LogP contribution in [0.4, 0.5) is 11.4 Å². The number of piperazine rings is 1. The molecule has 0 saturated carbocycles. The predicted octanol–water partition coefficient (Wildman–Crippen LogP) is 1.48. The van der Waals surface area contributed by atoms with Crippen LogP contribution in [0.5, 0.6) is 0 Å². The lowest BCUT2D eigenvalue weighted by atomic mass is 10.00. The summed E-state index contributed by atoms with van der Waals surface area (Å²) in [4.78, 5) is 5.02. The number of anilines is 2. The summed E-state index contributed by atoms with van der Waals surface area (Å²) >= 11 is 0. The van der Waals surface area contributed by atoms with E-state index >= 15 is 0 Å². The van der Waals surface area contributed by atoms with Crippen molar-refractivity contribution >= 4 is 11.4 Å². The number of nitrogens with zero attached hydrogens (tertiary/aromatic N) is 2. The zero-order chi connectivity index (χ0) is 11.8. The summed E-state index contributed by atoms with van der Waals surface area (Å²) < 4.78 is 0. The fourth-order valence-electron chi connectivity index (χ4n) is 3.14. The maximum absolute atomic E-state index is 3.50. The highest BCUT2D eigenvalue weighted by Crippen LogP contribution is 2.38. The maximum atomic E-state index is 3.50. The molecule has 1 saturated heterocycles. The smallest absolute Gasteiger partial charge is 0.0640 e. The van der Waals surface area contributed by atoms with Crippen LogP contribution < -0.4 is 15.1 Å². The third-order valence-electron chi connectivity index (χ3n) is 4.01. The van der Waals surface area contributed by atoms with Gasteiger partial charge in [0.2, 0.25) is 0 Å². The van der Waals surface area contributed by atoms with E-state index in [1.807, 2.05) is 0 Å². The molecule has 2 aliphatic heterocycles. The highest BCUT2D eigenvalue weighted by atomic mass is 15.3. The molecule has 3 rings (SSSR count). The number of benzene rings is 1. The van der Waals surface area contributed by atoms with Gasteiger partial charge in [0.1, 0.15) is 0 Å². The average molecular weight is 231 g/mol. The molecule has 1 aromatic rings. The van der Waals surface area contributed by atoms with Crippen molar-refractivity contribution in [1.82, 2.24) is 5.32 Å². The lowest BCUT2D eigenvalue weighted by Gasteiger charge is -2.47. The van der Waals surface area contributed by atoms with Crippen molar-refractivity contribution in [1.29, 1.82) is 0 Å². The van der Waals surface area contributed by atoms with Crippen molar-refractivity contribution in [3.8, 4) is 0 Å². The van der Waals surface area contributed by atoms with E-state index in [4.69, 9.17) is 0 Å². The van der Waals surface area contributed by atoms with E-state index in [0.717, 1.165) is 32.6 Å². The largest absolute Gasteiger partial charge is 0.371 e. The minimum atomic E-state index is 0.633. The van der Waals surface area contributed by atoms with Gasteiger partial charge in [0, 0.05) is 33.2 Å². The fourth-order valence-corrected chi connectivity index (χ4v) is 3.14. The Morgan fingerprint density at radius 1 is 1.41 bits per heavy atom. The SMILES string of the molecule is CCc1cccc2c1N1CCNCC1CN2C. The summed E-state index contributed by atoms with van der Waals surface area (Å²) in [5, 5.41) is 3.50. The van der Waals surface area contributed by atoms with Gasteiger partial charge in [0.05, 0.1) is 17.4 Å². The van der Waals surface area contributed by atoms with Crippen LogP contribution in [0.15, 0.2) is 18.2 Å². The molecule has 0 spiro atoms. The summed E-state index contributed by atoms with van der Waals surface area (Å²) in [5.74, 6) is 0. The van der Waals surface area contributed by atoms with E-state index < -0.39 is 0 Å².